The van der Waals surface area contributed by atoms with E-state index in [9.17, 15) is 19.5 Å². The molecule has 0 bridgehead atoms. The smallest absolute Gasteiger partial charge is 0.361 e. The Morgan fingerprint density at radius 2 is 0.514 bits per heavy atom. The Hall–Kier alpha value is -5.61. The van der Waals surface area contributed by atoms with Crippen LogP contribution in [-0.4, -0.2) is 87.4 Å². The van der Waals surface area contributed by atoms with Gasteiger partial charge in [-0.3, -0.25) is 9.59 Å². The van der Waals surface area contributed by atoms with Crippen LogP contribution in [0, 0.1) is 0 Å². The molecule has 0 aliphatic carbocycles. The number of unbranched alkanes of at least 4 members (excludes halogenated alkanes) is 33. The number of carbonyl (C=O) groups excluding carboxylic acids is 2. The van der Waals surface area contributed by atoms with Crippen molar-refractivity contribution in [3.8, 4) is 0 Å². The highest BCUT2D eigenvalue weighted by atomic mass is 16.7. The minimum absolute atomic E-state index is 0.181. The topological polar surface area (TPSA) is 108 Å². The second kappa shape index (κ2) is 84.0. The van der Waals surface area contributed by atoms with E-state index in [2.05, 4.69) is 196 Å². The molecule has 0 saturated carbocycles. The van der Waals surface area contributed by atoms with Crippen LogP contribution in [0.4, 0.5) is 0 Å². The van der Waals surface area contributed by atoms with E-state index in [0.29, 0.717) is 23.9 Å². The molecule has 9 nitrogen and oxygen atoms in total. The molecule has 0 radical (unpaired) electrons. The molecule has 0 aliphatic heterocycles. The molecule has 0 spiro atoms. The zero-order chi connectivity index (χ0) is 76.0. The summed E-state index contributed by atoms with van der Waals surface area (Å²) in [6.07, 6.45) is 125. The molecule has 9 heteroatoms. The van der Waals surface area contributed by atoms with Gasteiger partial charge in [0.25, 0.3) is 6.29 Å². The maximum atomic E-state index is 13.0. The third-order valence-corrected chi connectivity index (χ3v) is 18.2. The molecule has 0 aliphatic rings. The van der Waals surface area contributed by atoms with E-state index in [1.807, 2.05) is 21.1 Å². The number of hydrogen-bond acceptors (Lipinski definition) is 7. The molecule has 1 N–H and O–H groups in total. The minimum atomic E-state index is -1.52. The van der Waals surface area contributed by atoms with Crippen molar-refractivity contribution in [2.75, 3.05) is 47.5 Å². The number of carbonyl (C=O) groups is 3. The van der Waals surface area contributed by atoms with Crippen molar-refractivity contribution in [3.05, 3.63) is 182 Å². The van der Waals surface area contributed by atoms with Crippen molar-refractivity contribution in [1.29, 1.82) is 0 Å². The van der Waals surface area contributed by atoms with Gasteiger partial charge in [-0.05, 0) is 135 Å². The van der Waals surface area contributed by atoms with Gasteiger partial charge in [0, 0.05) is 12.8 Å². The van der Waals surface area contributed by atoms with E-state index in [1.54, 1.807) is 0 Å². The highest BCUT2D eigenvalue weighted by Crippen LogP contribution is 2.18. The number of esters is 2. The average Bonchev–Trinajstić information content (AvgIpc) is 1.18. The number of carboxylic acid groups (broad SMARTS) is 1. The number of likely N-dealkylation sites (N-methyl/N-ethyl adjacent to an activating group) is 1. The zero-order valence-electron chi connectivity index (χ0n) is 68.3. The van der Waals surface area contributed by atoms with Crippen LogP contribution in [0.25, 0.3) is 0 Å². The number of carboxylic acids is 1. The van der Waals surface area contributed by atoms with Crippen LogP contribution in [0.5, 0.6) is 0 Å². The van der Waals surface area contributed by atoms with Gasteiger partial charge >= 0.3 is 17.9 Å². The number of ether oxygens (including phenoxy) is 4. The van der Waals surface area contributed by atoms with Gasteiger partial charge in [-0.15, -0.1) is 0 Å². The van der Waals surface area contributed by atoms with Gasteiger partial charge in [-0.25, -0.2) is 4.79 Å². The van der Waals surface area contributed by atoms with Gasteiger partial charge in [0.15, 0.2) is 6.10 Å². The predicted molar refractivity (Wildman–Crippen MR) is 456 cm³/mol. The Morgan fingerprint density at radius 3 is 0.762 bits per heavy atom. The third kappa shape index (κ3) is 85.5. The van der Waals surface area contributed by atoms with Gasteiger partial charge in [-0.1, -0.05) is 382 Å². The van der Waals surface area contributed by atoms with E-state index in [1.165, 1.54) is 173 Å². The van der Waals surface area contributed by atoms with Crippen LogP contribution in [0.1, 0.15) is 348 Å². The van der Waals surface area contributed by atoms with Crippen LogP contribution >= 0.6 is 0 Å². The number of aliphatic carboxylic acids is 1. The molecule has 0 rings (SSSR count). The lowest BCUT2D eigenvalue weighted by molar-refractivity contribution is -0.870. The van der Waals surface area contributed by atoms with Crippen LogP contribution in [-0.2, 0) is 33.3 Å². The van der Waals surface area contributed by atoms with Crippen molar-refractivity contribution >= 4 is 17.9 Å². The Labute approximate surface area is 647 Å². The zero-order valence-corrected chi connectivity index (χ0v) is 68.3. The largest absolute Gasteiger partial charge is 0.477 e. The molecule has 0 aromatic rings. The number of nitrogens with zero attached hydrogens (tertiary/aromatic N) is 1. The van der Waals surface area contributed by atoms with E-state index < -0.39 is 24.3 Å². The van der Waals surface area contributed by atoms with E-state index in [0.717, 1.165) is 141 Å². The molecule has 0 heterocycles. The van der Waals surface area contributed by atoms with Gasteiger partial charge in [-0.2, -0.15) is 0 Å². The quantitative estimate of drug-likeness (QED) is 0.0211. The van der Waals surface area contributed by atoms with E-state index in [4.69, 9.17) is 18.9 Å². The van der Waals surface area contributed by atoms with Crippen molar-refractivity contribution in [1.82, 2.24) is 0 Å². The molecule has 0 saturated heterocycles. The SMILES string of the molecule is CC/C=C\C/C=C\C/C=C\C/C=C\C/C=C\C/C=C\C/C=C\C/C=C\C/C=C\C/C=C\CCCCCCCCCCCCC(=O)OC(COC(=O)CCCCCCCCCCCCCCCCCCCCCCCCC/C=C\C/C=C\C/C=C\C/C=C\C/C=C\CC)COC(OCC[N+](C)(C)C)C(=O)O. The first-order chi connectivity index (χ1) is 51.6. The molecule has 0 amide bonds. The maximum Gasteiger partial charge on any atom is 0.361 e. The Balaban J connectivity index is 4.04. The summed E-state index contributed by atoms with van der Waals surface area (Å²) < 4.78 is 23.1. The minimum Gasteiger partial charge on any atom is -0.477 e. The first-order valence-electron chi connectivity index (χ1n) is 42.9. The molecule has 596 valence electrons. The monoisotopic (exact) mass is 1460 g/mol. The molecule has 2 atom stereocenters. The molecule has 2 unspecified atom stereocenters. The van der Waals surface area contributed by atoms with Gasteiger partial charge < -0.3 is 28.5 Å². The van der Waals surface area contributed by atoms with Gasteiger partial charge in [0.2, 0.25) is 0 Å². The summed E-state index contributed by atoms with van der Waals surface area (Å²) in [5.41, 5.74) is 0. The summed E-state index contributed by atoms with van der Waals surface area (Å²) in [4.78, 5) is 37.8. The highest BCUT2D eigenvalue weighted by molar-refractivity contribution is 5.71. The Morgan fingerprint density at radius 1 is 0.286 bits per heavy atom. The third-order valence-electron chi connectivity index (χ3n) is 18.2. The van der Waals surface area contributed by atoms with Crippen LogP contribution < -0.4 is 0 Å². The normalized spacial score (nSPS) is 13.6. The van der Waals surface area contributed by atoms with Crippen LogP contribution in [0.15, 0.2) is 182 Å². The summed E-state index contributed by atoms with van der Waals surface area (Å²) in [6.45, 7) is 4.66. The molecule has 0 aromatic carbocycles. The summed E-state index contributed by atoms with van der Waals surface area (Å²) in [7, 11) is 5.98. The first kappa shape index (κ1) is 99.4. The Bertz CT molecular complexity index is 2400. The molecule has 0 fully saturated rings. The van der Waals surface area contributed by atoms with Gasteiger partial charge in [0.05, 0.1) is 34.4 Å². The molecule has 105 heavy (non-hydrogen) atoms. The number of allylic oxidation sites excluding steroid dienone is 30. The highest BCUT2D eigenvalue weighted by Gasteiger charge is 2.25. The second-order valence-electron chi connectivity index (χ2n) is 29.4. The van der Waals surface area contributed by atoms with Crippen molar-refractivity contribution in [3.63, 3.8) is 0 Å². The molecular weight excluding hydrogens is 1300 g/mol. The lowest BCUT2D eigenvalue weighted by atomic mass is 10.0. The van der Waals surface area contributed by atoms with Crippen molar-refractivity contribution in [2.45, 2.75) is 360 Å². The van der Waals surface area contributed by atoms with Gasteiger partial charge in [0.1, 0.15) is 13.2 Å². The summed E-state index contributed by atoms with van der Waals surface area (Å²) >= 11 is 0. The van der Waals surface area contributed by atoms with Crippen LogP contribution in [0.3, 0.4) is 0 Å². The number of quaternary nitrogens is 1. The number of hydrogen-bond donors (Lipinski definition) is 1. The fraction of sp³-hybridized carbons (Fsp3) is 0.656. The molecular formula is C96H160NO8+. The number of rotatable bonds is 78. The average molecular weight is 1460 g/mol. The van der Waals surface area contributed by atoms with E-state index in [-0.39, 0.29) is 32.2 Å². The molecule has 0 aromatic heterocycles. The van der Waals surface area contributed by atoms with E-state index >= 15 is 0 Å². The van der Waals surface area contributed by atoms with Crippen molar-refractivity contribution < 1.29 is 42.9 Å². The predicted octanol–water partition coefficient (Wildman–Crippen LogP) is 28.3. The lowest BCUT2D eigenvalue weighted by Gasteiger charge is -2.25. The Kier molecular flexibility index (Phi) is 79.5. The lowest BCUT2D eigenvalue weighted by Crippen LogP contribution is -2.40. The summed E-state index contributed by atoms with van der Waals surface area (Å²) in [5.74, 6) is -2.01. The van der Waals surface area contributed by atoms with Crippen LogP contribution in [0.2, 0.25) is 0 Å². The first-order valence-corrected chi connectivity index (χ1v) is 42.9. The maximum absolute atomic E-state index is 13.0. The fourth-order valence-electron chi connectivity index (χ4n) is 11.7. The summed E-state index contributed by atoms with van der Waals surface area (Å²) in [6, 6.07) is 0. The fourth-order valence-corrected chi connectivity index (χ4v) is 11.7. The summed E-state index contributed by atoms with van der Waals surface area (Å²) in [5, 5.41) is 9.79. The second-order valence-corrected chi connectivity index (χ2v) is 29.4. The standard InChI is InChI=1S/C96H159NO8/c1-6-8-10-12-14-16-18-20-22-24-26-28-30-32-34-36-38-40-42-44-46-47-49-51-53-55-57-59-61-63-65-67-69-71-73-75-77-79-81-83-85-87-94(99)105-92(91-104-96(95(100)101)102-89-88-97(3,4)5)90-103-93(98)86-84-82-80-78-76-74-72-70-68-66-64-62-60-58-56-54-52-50-48-45-43-41-39-37-35-33-31-29-27-25-23-21-19-17-15-13-11-9-7-2/h8-11,14-17,20-23,26-29,32-35,38,40,44,46,49,51,55,57,61,63,92,96H,6-7,12-13,18-19,24-25,30-31,36-37,39,41-43,45,47-48,50,52-54,56,58-60,62,64-91H2,1-5H3/p+1/b10-8-,11-9-,16-14-,17-15-,22-20-,23-21-,28-26-,29-27-,34-32-,35-33-,40-38-,46-44-,51-49-,57-55-,63-61-. The van der Waals surface area contributed by atoms with Crippen molar-refractivity contribution in [2.24, 2.45) is 0 Å².